The molecular weight excluding hydrogens is 380 g/mol. The Balaban J connectivity index is 1.60. The molecule has 1 heterocycles. The van der Waals surface area contributed by atoms with Crippen molar-refractivity contribution >= 4 is 29.1 Å². The smallest absolute Gasteiger partial charge is 0.224 e. The van der Waals surface area contributed by atoms with Crippen molar-refractivity contribution in [3.05, 3.63) is 17.2 Å². The second-order valence-electron chi connectivity index (χ2n) is 7.92. The highest BCUT2D eigenvalue weighted by Gasteiger charge is 2.33. The fraction of sp³-hybridized carbons (Fsp3) is 0.650. The number of amides is 1. The number of halogens is 1. The van der Waals surface area contributed by atoms with E-state index in [1.807, 2.05) is 0 Å². The zero-order valence-electron chi connectivity index (χ0n) is 15.7. The highest BCUT2D eigenvalue weighted by molar-refractivity contribution is 6.29. The Labute approximate surface area is 169 Å². The third-order valence-corrected chi connectivity index (χ3v) is 5.79. The van der Waals surface area contributed by atoms with Crippen LogP contribution in [0.2, 0.25) is 5.15 Å². The quantitative estimate of drug-likeness (QED) is 0.613. The highest BCUT2D eigenvalue weighted by Crippen LogP contribution is 2.36. The van der Waals surface area contributed by atoms with Gasteiger partial charge in [-0.15, -0.1) is 0 Å². The second-order valence-corrected chi connectivity index (χ2v) is 8.33. The van der Waals surface area contributed by atoms with Gasteiger partial charge in [-0.05, 0) is 31.6 Å². The Kier molecular flexibility index (Phi) is 6.84. The molecule has 0 aliphatic heterocycles. The Bertz CT molecular complexity index is 781. The van der Waals surface area contributed by atoms with Gasteiger partial charge in [-0.2, -0.15) is 5.26 Å². The number of rotatable bonds is 9. The average Bonchev–Trinajstić information content (AvgIpc) is 3.39. The van der Waals surface area contributed by atoms with Crippen LogP contribution < -0.4 is 5.32 Å². The van der Waals surface area contributed by atoms with Gasteiger partial charge in [-0.25, -0.2) is 4.98 Å². The van der Waals surface area contributed by atoms with E-state index in [0.717, 1.165) is 32.1 Å². The zero-order valence-corrected chi connectivity index (χ0v) is 16.5. The van der Waals surface area contributed by atoms with Crippen LogP contribution in [0.1, 0.15) is 68.4 Å². The van der Waals surface area contributed by atoms with Gasteiger partial charge in [0.15, 0.2) is 11.6 Å². The standard InChI is InChI=1S/C20H25ClN4O3/c21-18-11-23-19(25-18)17(27)9-14(7-12-5-6-12)20(28)24-15(10-22)8-13-3-1-2-4-16(13)26/h11-15H,1-9H2,(H,23,25)(H,24,28). The Hall–Kier alpha value is -2.20. The number of ketones is 2. The number of aromatic amines is 1. The third kappa shape index (κ3) is 5.65. The van der Waals surface area contributed by atoms with Crippen LogP contribution in [0.15, 0.2) is 6.20 Å². The fourth-order valence-electron chi connectivity index (χ4n) is 3.82. The zero-order chi connectivity index (χ0) is 20.1. The molecule has 28 heavy (non-hydrogen) atoms. The number of nitriles is 1. The molecule has 8 heteroatoms. The molecule has 1 amide bonds. The molecule has 1 aromatic heterocycles. The molecule has 3 rings (SSSR count). The minimum absolute atomic E-state index is 0.0205. The molecule has 2 aliphatic carbocycles. The van der Waals surface area contributed by atoms with Crippen LogP contribution in [-0.2, 0) is 9.59 Å². The summed E-state index contributed by atoms with van der Waals surface area (Å²) >= 11 is 5.78. The molecule has 0 aromatic carbocycles. The highest BCUT2D eigenvalue weighted by atomic mass is 35.5. The lowest BCUT2D eigenvalue weighted by atomic mass is 9.83. The van der Waals surface area contributed by atoms with Crippen molar-refractivity contribution in [1.29, 1.82) is 5.26 Å². The maximum atomic E-state index is 12.8. The van der Waals surface area contributed by atoms with Gasteiger partial charge in [-0.1, -0.05) is 30.9 Å². The van der Waals surface area contributed by atoms with E-state index in [-0.39, 0.29) is 40.8 Å². The van der Waals surface area contributed by atoms with Gasteiger partial charge < -0.3 is 10.3 Å². The van der Waals surface area contributed by atoms with E-state index >= 15 is 0 Å². The molecule has 2 fully saturated rings. The van der Waals surface area contributed by atoms with Gasteiger partial charge in [-0.3, -0.25) is 14.4 Å². The Morgan fingerprint density at radius 1 is 1.32 bits per heavy atom. The van der Waals surface area contributed by atoms with Gasteiger partial charge in [0.25, 0.3) is 0 Å². The number of carbonyl (C=O) groups is 3. The molecule has 3 atom stereocenters. The van der Waals surface area contributed by atoms with Crippen LogP contribution in [0.5, 0.6) is 0 Å². The normalized spacial score (nSPS) is 21.6. The molecule has 0 bridgehead atoms. The molecule has 150 valence electrons. The minimum atomic E-state index is -0.714. The predicted molar refractivity (Wildman–Crippen MR) is 103 cm³/mol. The first kappa shape index (κ1) is 20.5. The van der Waals surface area contributed by atoms with Crippen molar-refractivity contribution in [2.75, 3.05) is 0 Å². The van der Waals surface area contributed by atoms with Gasteiger partial charge in [0.05, 0.1) is 12.3 Å². The number of carbonyl (C=O) groups excluding carboxylic acids is 3. The second kappa shape index (κ2) is 9.33. The average molecular weight is 405 g/mol. The number of imidazole rings is 1. The van der Waals surface area contributed by atoms with Crippen LogP contribution in [0, 0.1) is 29.1 Å². The van der Waals surface area contributed by atoms with Crippen molar-refractivity contribution in [3.8, 4) is 6.07 Å². The lowest BCUT2D eigenvalue weighted by molar-refractivity contribution is -0.127. The van der Waals surface area contributed by atoms with E-state index < -0.39 is 12.0 Å². The molecule has 2 aliphatic rings. The maximum absolute atomic E-state index is 12.8. The monoisotopic (exact) mass is 404 g/mol. The van der Waals surface area contributed by atoms with Crippen LogP contribution in [-0.4, -0.2) is 33.5 Å². The van der Waals surface area contributed by atoms with Crippen molar-refractivity contribution < 1.29 is 14.4 Å². The summed E-state index contributed by atoms with van der Waals surface area (Å²) in [6, 6.07) is 1.39. The first-order valence-corrected chi connectivity index (χ1v) is 10.3. The first-order valence-electron chi connectivity index (χ1n) is 9.92. The molecule has 0 saturated heterocycles. The first-order chi connectivity index (χ1) is 13.5. The topological polar surface area (TPSA) is 116 Å². The van der Waals surface area contributed by atoms with E-state index in [1.54, 1.807) is 0 Å². The van der Waals surface area contributed by atoms with Gasteiger partial charge in [0, 0.05) is 24.7 Å². The molecule has 3 unspecified atom stereocenters. The number of hydrogen-bond acceptors (Lipinski definition) is 5. The Morgan fingerprint density at radius 2 is 2.11 bits per heavy atom. The van der Waals surface area contributed by atoms with Crippen molar-refractivity contribution in [3.63, 3.8) is 0 Å². The van der Waals surface area contributed by atoms with Gasteiger partial charge >= 0.3 is 0 Å². The summed E-state index contributed by atoms with van der Waals surface area (Å²) in [4.78, 5) is 43.9. The molecule has 0 spiro atoms. The van der Waals surface area contributed by atoms with E-state index in [1.165, 1.54) is 6.20 Å². The van der Waals surface area contributed by atoms with Crippen LogP contribution in [0.4, 0.5) is 0 Å². The minimum Gasteiger partial charge on any atom is -0.340 e. The summed E-state index contributed by atoms with van der Waals surface area (Å²) in [5, 5.41) is 12.5. The number of Topliss-reactive ketones (excluding diaryl/α,β-unsaturated/α-hetero) is 2. The Morgan fingerprint density at radius 3 is 2.71 bits per heavy atom. The molecule has 1 aromatic rings. The molecular formula is C20H25ClN4O3. The van der Waals surface area contributed by atoms with Crippen molar-refractivity contribution in [1.82, 2.24) is 15.3 Å². The van der Waals surface area contributed by atoms with Gasteiger partial charge in [0.1, 0.15) is 17.0 Å². The summed E-state index contributed by atoms with van der Waals surface area (Å²) in [6.45, 7) is 0. The summed E-state index contributed by atoms with van der Waals surface area (Å²) in [5.41, 5.74) is 0. The van der Waals surface area contributed by atoms with Crippen LogP contribution in [0.3, 0.4) is 0 Å². The number of hydrogen-bond donors (Lipinski definition) is 2. The summed E-state index contributed by atoms with van der Waals surface area (Å²) < 4.78 is 0. The maximum Gasteiger partial charge on any atom is 0.224 e. The van der Waals surface area contributed by atoms with E-state index in [0.29, 0.717) is 25.2 Å². The SMILES string of the molecule is N#CC(CC1CCCCC1=O)NC(=O)C(CC(=O)c1ncc(Cl)[nH]1)CC1CC1. The van der Waals surface area contributed by atoms with Crippen LogP contribution >= 0.6 is 11.6 Å². The fourth-order valence-corrected chi connectivity index (χ4v) is 3.96. The molecule has 2 saturated carbocycles. The number of aromatic nitrogens is 2. The van der Waals surface area contributed by atoms with Crippen molar-refractivity contribution in [2.24, 2.45) is 17.8 Å². The molecule has 0 radical (unpaired) electrons. The lowest BCUT2D eigenvalue weighted by Gasteiger charge is -2.24. The largest absolute Gasteiger partial charge is 0.340 e. The summed E-state index contributed by atoms with van der Waals surface area (Å²) in [6.07, 6.45) is 7.67. The number of nitrogens with zero attached hydrogens (tertiary/aromatic N) is 2. The van der Waals surface area contributed by atoms with E-state index in [4.69, 9.17) is 11.6 Å². The number of H-pyrrole nitrogens is 1. The lowest BCUT2D eigenvalue weighted by Crippen LogP contribution is -2.41. The summed E-state index contributed by atoms with van der Waals surface area (Å²) in [5.74, 6) is -0.474. The summed E-state index contributed by atoms with van der Waals surface area (Å²) in [7, 11) is 0. The van der Waals surface area contributed by atoms with E-state index in [2.05, 4.69) is 21.4 Å². The predicted octanol–water partition coefficient (Wildman–Crippen LogP) is 3.21. The third-order valence-electron chi connectivity index (χ3n) is 5.60. The molecule has 2 N–H and O–H groups in total. The van der Waals surface area contributed by atoms with Crippen LogP contribution in [0.25, 0.3) is 0 Å². The number of nitrogens with one attached hydrogen (secondary N) is 2. The molecule has 7 nitrogen and oxygen atoms in total. The van der Waals surface area contributed by atoms with Crippen molar-refractivity contribution in [2.45, 2.75) is 63.8 Å². The van der Waals surface area contributed by atoms with Gasteiger partial charge in [0.2, 0.25) is 5.91 Å². The van der Waals surface area contributed by atoms with E-state index in [9.17, 15) is 19.6 Å².